The average Bonchev–Trinajstić information content (AvgIpc) is 3.73. The SMILES string of the molecule is COC(=O)c1c(NC(=O)[C@@H]2CCCO2)c2cc(N[C@H](C)CCn3cccn3)cnc2n1CCc1ccccc1. The van der Waals surface area contributed by atoms with Gasteiger partial charge in [0.2, 0.25) is 0 Å². The number of esters is 1. The van der Waals surface area contributed by atoms with E-state index in [-0.39, 0.29) is 17.6 Å². The minimum Gasteiger partial charge on any atom is -0.464 e. The van der Waals surface area contributed by atoms with Crippen LogP contribution in [-0.2, 0) is 33.8 Å². The molecular formula is C29H34N6O4. The highest BCUT2D eigenvalue weighted by Gasteiger charge is 2.30. The van der Waals surface area contributed by atoms with Gasteiger partial charge in [0, 0.05) is 43.5 Å². The zero-order valence-electron chi connectivity index (χ0n) is 22.3. The van der Waals surface area contributed by atoms with Crippen LogP contribution < -0.4 is 10.6 Å². The molecule has 10 heteroatoms. The summed E-state index contributed by atoms with van der Waals surface area (Å²) in [6.45, 7) is 3.91. The number of aryl methyl sites for hydroxylation is 3. The van der Waals surface area contributed by atoms with Gasteiger partial charge < -0.3 is 24.7 Å². The first-order chi connectivity index (χ1) is 19.0. The van der Waals surface area contributed by atoms with Gasteiger partial charge in [-0.15, -0.1) is 0 Å². The molecular weight excluding hydrogens is 496 g/mol. The fourth-order valence-electron chi connectivity index (χ4n) is 4.95. The van der Waals surface area contributed by atoms with E-state index in [2.05, 4.69) is 22.7 Å². The van der Waals surface area contributed by atoms with Crippen LogP contribution in [0.1, 0.15) is 42.2 Å². The van der Waals surface area contributed by atoms with Crippen molar-refractivity contribution < 1.29 is 19.1 Å². The summed E-state index contributed by atoms with van der Waals surface area (Å²) in [7, 11) is 1.34. The van der Waals surface area contributed by atoms with Gasteiger partial charge in [-0.2, -0.15) is 5.10 Å². The van der Waals surface area contributed by atoms with Crippen LogP contribution >= 0.6 is 0 Å². The molecule has 1 aliphatic rings. The molecule has 4 heterocycles. The molecule has 10 nitrogen and oxygen atoms in total. The monoisotopic (exact) mass is 530 g/mol. The fourth-order valence-corrected chi connectivity index (χ4v) is 4.95. The maximum atomic E-state index is 13.1. The zero-order valence-corrected chi connectivity index (χ0v) is 22.3. The highest BCUT2D eigenvalue weighted by atomic mass is 16.5. The Morgan fingerprint density at radius 3 is 2.77 bits per heavy atom. The van der Waals surface area contributed by atoms with Gasteiger partial charge in [0.15, 0.2) is 5.69 Å². The van der Waals surface area contributed by atoms with Crippen LogP contribution in [0.2, 0.25) is 0 Å². The molecule has 3 aromatic heterocycles. The van der Waals surface area contributed by atoms with Crippen molar-refractivity contribution in [3.63, 3.8) is 0 Å². The number of ether oxygens (including phenoxy) is 2. The molecule has 0 saturated carbocycles. The highest BCUT2D eigenvalue weighted by Crippen LogP contribution is 2.34. The molecule has 0 spiro atoms. The Morgan fingerprint density at radius 2 is 2.05 bits per heavy atom. The zero-order chi connectivity index (χ0) is 27.2. The first-order valence-electron chi connectivity index (χ1n) is 13.3. The average molecular weight is 531 g/mol. The molecule has 2 N–H and O–H groups in total. The number of pyridine rings is 1. The molecule has 0 bridgehead atoms. The van der Waals surface area contributed by atoms with Gasteiger partial charge in [-0.25, -0.2) is 9.78 Å². The van der Waals surface area contributed by atoms with Crippen molar-refractivity contribution in [1.29, 1.82) is 0 Å². The van der Waals surface area contributed by atoms with E-state index in [1.807, 2.05) is 57.9 Å². The summed E-state index contributed by atoms with van der Waals surface area (Å²) in [5, 5.41) is 11.4. The topological polar surface area (TPSA) is 112 Å². The molecule has 1 fully saturated rings. The largest absolute Gasteiger partial charge is 0.464 e. The molecule has 1 aliphatic heterocycles. The van der Waals surface area contributed by atoms with Crippen LogP contribution in [0.15, 0.2) is 61.1 Å². The van der Waals surface area contributed by atoms with Gasteiger partial charge in [0.25, 0.3) is 5.91 Å². The quantitative estimate of drug-likeness (QED) is 0.279. The van der Waals surface area contributed by atoms with E-state index in [0.717, 1.165) is 30.6 Å². The molecule has 1 amide bonds. The van der Waals surface area contributed by atoms with E-state index in [1.54, 1.807) is 12.4 Å². The van der Waals surface area contributed by atoms with Crippen LogP contribution in [0.5, 0.6) is 0 Å². The van der Waals surface area contributed by atoms with Crippen LogP contribution in [0.4, 0.5) is 11.4 Å². The van der Waals surface area contributed by atoms with Gasteiger partial charge in [0.05, 0.1) is 24.7 Å². The van der Waals surface area contributed by atoms with E-state index >= 15 is 0 Å². The number of fused-ring (bicyclic) bond motifs is 1. The van der Waals surface area contributed by atoms with Crippen LogP contribution in [-0.4, -0.2) is 57.1 Å². The lowest BCUT2D eigenvalue weighted by molar-refractivity contribution is -0.124. The second-order valence-corrected chi connectivity index (χ2v) is 9.79. The summed E-state index contributed by atoms with van der Waals surface area (Å²) in [4.78, 5) is 31.0. The molecule has 0 aliphatic carbocycles. The number of nitrogens with one attached hydrogen (secondary N) is 2. The van der Waals surface area contributed by atoms with Crippen molar-refractivity contribution in [3.8, 4) is 0 Å². The van der Waals surface area contributed by atoms with E-state index in [0.29, 0.717) is 42.7 Å². The smallest absolute Gasteiger partial charge is 0.356 e. The van der Waals surface area contributed by atoms with Crippen LogP contribution in [0.3, 0.4) is 0 Å². The number of nitrogens with zero attached hydrogens (tertiary/aromatic N) is 4. The fraction of sp³-hybridized carbons (Fsp3) is 0.379. The predicted octanol–water partition coefficient (Wildman–Crippen LogP) is 4.27. The van der Waals surface area contributed by atoms with Gasteiger partial charge in [-0.1, -0.05) is 30.3 Å². The molecule has 204 valence electrons. The number of amides is 1. The number of aromatic nitrogens is 4. The Morgan fingerprint density at radius 1 is 1.21 bits per heavy atom. The van der Waals surface area contributed by atoms with Crippen molar-refractivity contribution in [3.05, 3.63) is 72.3 Å². The maximum Gasteiger partial charge on any atom is 0.356 e. The van der Waals surface area contributed by atoms with E-state index in [9.17, 15) is 9.59 Å². The molecule has 1 aromatic carbocycles. The number of methoxy groups -OCH3 is 1. The number of benzene rings is 1. The summed E-state index contributed by atoms with van der Waals surface area (Å²) in [6.07, 6.45) is 7.93. The van der Waals surface area contributed by atoms with E-state index < -0.39 is 12.1 Å². The van der Waals surface area contributed by atoms with E-state index in [1.165, 1.54) is 7.11 Å². The number of carbonyl (C=O) groups excluding carboxylic acids is 2. The highest BCUT2D eigenvalue weighted by molar-refractivity contribution is 6.12. The molecule has 5 rings (SSSR count). The minimum absolute atomic E-state index is 0.138. The standard InChI is InChI=1S/C29H34N6O4/c1-20(11-15-34-14-7-13-31-34)32-22-18-23-25(33-28(36)24-10-6-17-39-24)26(29(37)38-2)35(27(23)30-19-22)16-12-21-8-4-3-5-9-21/h3-5,7-9,13-14,18-20,24,32H,6,10-12,15-17H2,1-2H3,(H,33,36)/t20-,24+/m1/s1. The van der Waals surface area contributed by atoms with Gasteiger partial charge in [-0.05, 0) is 50.3 Å². The summed E-state index contributed by atoms with van der Waals surface area (Å²) in [6, 6.07) is 14.0. The number of hydrogen-bond acceptors (Lipinski definition) is 7. The van der Waals surface area contributed by atoms with Crippen molar-refractivity contribution >= 4 is 34.3 Å². The lowest BCUT2D eigenvalue weighted by Crippen LogP contribution is -2.28. The Labute approximate surface area is 227 Å². The summed E-state index contributed by atoms with van der Waals surface area (Å²) in [5.41, 5.74) is 3.18. The number of carbonyl (C=O) groups is 2. The third kappa shape index (κ3) is 6.12. The van der Waals surface area contributed by atoms with Gasteiger partial charge in [0.1, 0.15) is 11.8 Å². The molecule has 39 heavy (non-hydrogen) atoms. The van der Waals surface area contributed by atoms with Gasteiger partial charge in [-0.3, -0.25) is 9.48 Å². The Kier molecular flexibility index (Phi) is 8.21. The van der Waals surface area contributed by atoms with Crippen molar-refractivity contribution in [1.82, 2.24) is 19.3 Å². The second-order valence-electron chi connectivity index (χ2n) is 9.79. The molecule has 1 saturated heterocycles. The van der Waals surface area contributed by atoms with Crippen LogP contribution in [0.25, 0.3) is 11.0 Å². The summed E-state index contributed by atoms with van der Waals surface area (Å²) in [5.74, 6) is -0.809. The predicted molar refractivity (Wildman–Crippen MR) is 149 cm³/mol. The number of anilines is 2. The Hall–Kier alpha value is -4.18. The molecule has 2 atom stereocenters. The lowest BCUT2D eigenvalue weighted by atomic mass is 10.1. The van der Waals surface area contributed by atoms with Crippen LogP contribution in [0, 0.1) is 0 Å². The normalized spacial score (nSPS) is 15.8. The number of hydrogen-bond donors (Lipinski definition) is 2. The third-order valence-electron chi connectivity index (χ3n) is 6.98. The first kappa shape index (κ1) is 26.4. The van der Waals surface area contributed by atoms with E-state index in [4.69, 9.17) is 14.5 Å². The molecule has 0 unspecified atom stereocenters. The first-order valence-corrected chi connectivity index (χ1v) is 13.3. The lowest BCUT2D eigenvalue weighted by Gasteiger charge is -2.15. The summed E-state index contributed by atoms with van der Waals surface area (Å²) < 4.78 is 14.5. The van der Waals surface area contributed by atoms with Crippen molar-refractivity contribution in [2.45, 2.75) is 57.8 Å². The second kappa shape index (κ2) is 12.1. The molecule has 0 radical (unpaired) electrons. The number of rotatable bonds is 11. The maximum absolute atomic E-state index is 13.1. The Balaban J connectivity index is 1.49. The van der Waals surface area contributed by atoms with Gasteiger partial charge >= 0.3 is 5.97 Å². The molecule has 4 aromatic rings. The summed E-state index contributed by atoms with van der Waals surface area (Å²) >= 11 is 0. The minimum atomic E-state index is -0.546. The Bertz CT molecular complexity index is 1410. The third-order valence-corrected chi connectivity index (χ3v) is 6.98. The van der Waals surface area contributed by atoms with Crippen molar-refractivity contribution in [2.75, 3.05) is 24.4 Å². The van der Waals surface area contributed by atoms with Crippen molar-refractivity contribution in [2.24, 2.45) is 0 Å².